The van der Waals surface area contributed by atoms with E-state index in [1.165, 1.54) is 15.3 Å². The van der Waals surface area contributed by atoms with Crippen LogP contribution in [0.15, 0.2) is 30.3 Å². The molecule has 0 saturated heterocycles. The number of rotatable bonds is 4. The van der Waals surface area contributed by atoms with Crippen molar-refractivity contribution in [3.8, 4) is 12.3 Å². The Morgan fingerprint density at radius 1 is 1.40 bits per heavy atom. The van der Waals surface area contributed by atoms with Crippen molar-refractivity contribution in [2.24, 2.45) is 0 Å². The third kappa shape index (κ3) is 3.43. The molecule has 25 heavy (non-hydrogen) atoms. The molecule has 0 radical (unpaired) electrons. The number of hydrogen-bond acceptors (Lipinski definition) is 3. The van der Waals surface area contributed by atoms with E-state index in [0.29, 0.717) is 0 Å². The summed E-state index contributed by atoms with van der Waals surface area (Å²) in [6, 6.07) is 10.1. The van der Waals surface area contributed by atoms with Gasteiger partial charge in [0.1, 0.15) is 0 Å². The zero-order valence-corrected chi connectivity index (χ0v) is 15.6. The highest BCUT2D eigenvalue weighted by atomic mass is 32.1. The molecule has 0 fully saturated rings. The molecule has 1 amide bonds. The molecule has 2 heterocycles. The number of thiophene rings is 1. The van der Waals surface area contributed by atoms with Crippen molar-refractivity contribution in [3.05, 3.63) is 51.2 Å². The van der Waals surface area contributed by atoms with E-state index in [2.05, 4.69) is 25.8 Å². The Hall–Kier alpha value is -2.25. The summed E-state index contributed by atoms with van der Waals surface area (Å²) >= 11 is 1.76. The van der Waals surface area contributed by atoms with E-state index in [0.717, 1.165) is 36.9 Å². The number of unbranched alkanes of at least 4 members (excludes halogenated alkanes) is 1. The summed E-state index contributed by atoms with van der Waals surface area (Å²) in [7, 11) is 0. The molecule has 0 aliphatic carbocycles. The van der Waals surface area contributed by atoms with Crippen LogP contribution in [0.4, 0.5) is 5.69 Å². The summed E-state index contributed by atoms with van der Waals surface area (Å²) in [6.45, 7) is 4.30. The topological polar surface area (TPSA) is 46.3 Å². The number of nitrogen functional groups attached to an aromatic ring is 1. The standard InChI is InChI=1S/C21H24N2OS/c1-4-6-7-18-13-16-12-14(3)25-21(16)20(23(18)19(24)5-2)15-8-10-17(22)11-9-15/h2,8-12,18,20H,4,6-7,13,22H2,1,3H3/t18-,20-/m0/s1. The molecule has 2 aromatic rings. The summed E-state index contributed by atoms with van der Waals surface area (Å²) in [5.41, 5.74) is 9.00. The van der Waals surface area contributed by atoms with Crippen LogP contribution in [0.5, 0.6) is 0 Å². The van der Waals surface area contributed by atoms with Gasteiger partial charge in [-0.2, -0.15) is 0 Å². The predicted molar refractivity (Wildman–Crippen MR) is 104 cm³/mol. The Kier molecular flexibility index (Phi) is 5.15. The second kappa shape index (κ2) is 7.33. The van der Waals surface area contributed by atoms with Gasteiger partial charge in [-0.25, -0.2) is 0 Å². The second-order valence-electron chi connectivity index (χ2n) is 6.67. The van der Waals surface area contributed by atoms with Gasteiger partial charge in [0.2, 0.25) is 0 Å². The van der Waals surface area contributed by atoms with Crippen molar-refractivity contribution in [1.29, 1.82) is 0 Å². The van der Waals surface area contributed by atoms with Crippen molar-refractivity contribution in [1.82, 2.24) is 4.90 Å². The molecule has 1 aliphatic rings. The Labute approximate surface area is 153 Å². The van der Waals surface area contributed by atoms with Gasteiger partial charge >= 0.3 is 0 Å². The van der Waals surface area contributed by atoms with Crippen molar-refractivity contribution >= 4 is 22.9 Å². The van der Waals surface area contributed by atoms with Crippen LogP contribution in [0.3, 0.4) is 0 Å². The molecule has 0 spiro atoms. The van der Waals surface area contributed by atoms with E-state index in [1.807, 2.05) is 29.2 Å². The third-order valence-corrected chi connectivity index (χ3v) is 5.99. The first-order valence-electron chi connectivity index (χ1n) is 8.78. The number of nitrogens with two attached hydrogens (primary N) is 1. The monoisotopic (exact) mass is 352 g/mol. The van der Waals surface area contributed by atoms with Crippen LogP contribution in [-0.2, 0) is 11.2 Å². The SMILES string of the molecule is C#CC(=O)N1[C@@H](CCCC)Cc2cc(C)sc2[C@@H]1c1ccc(N)cc1. The molecule has 0 unspecified atom stereocenters. The minimum atomic E-state index is -0.223. The molecule has 0 saturated carbocycles. The van der Waals surface area contributed by atoms with Crippen LogP contribution in [-0.4, -0.2) is 16.8 Å². The summed E-state index contributed by atoms with van der Waals surface area (Å²) in [6.07, 6.45) is 9.59. The highest BCUT2D eigenvalue weighted by Gasteiger charge is 2.38. The first-order valence-corrected chi connectivity index (χ1v) is 9.60. The van der Waals surface area contributed by atoms with Crippen molar-refractivity contribution in [3.63, 3.8) is 0 Å². The number of carbonyl (C=O) groups excluding carboxylic acids is 1. The lowest BCUT2D eigenvalue weighted by atomic mass is 9.88. The lowest BCUT2D eigenvalue weighted by molar-refractivity contribution is -0.129. The number of anilines is 1. The van der Waals surface area contributed by atoms with Gasteiger partial charge in [0.05, 0.1) is 6.04 Å². The first kappa shape index (κ1) is 17.6. The van der Waals surface area contributed by atoms with Gasteiger partial charge in [-0.3, -0.25) is 4.79 Å². The maximum absolute atomic E-state index is 12.7. The molecule has 2 atom stereocenters. The molecule has 1 aromatic carbocycles. The Morgan fingerprint density at radius 2 is 2.12 bits per heavy atom. The lowest BCUT2D eigenvalue weighted by Gasteiger charge is -2.41. The number of carbonyl (C=O) groups is 1. The van der Waals surface area contributed by atoms with Crippen LogP contribution >= 0.6 is 11.3 Å². The summed E-state index contributed by atoms with van der Waals surface area (Å²) in [4.78, 5) is 17.1. The Morgan fingerprint density at radius 3 is 2.76 bits per heavy atom. The molecule has 130 valence electrons. The fourth-order valence-corrected chi connectivity index (χ4v) is 4.88. The van der Waals surface area contributed by atoms with Gasteiger partial charge in [-0.15, -0.1) is 17.8 Å². The first-order chi connectivity index (χ1) is 12.0. The van der Waals surface area contributed by atoms with E-state index >= 15 is 0 Å². The average molecular weight is 353 g/mol. The zero-order valence-electron chi connectivity index (χ0n) is 14.8. The van der Waals surface area contributed by atoms with Crippen molar-refractivity contribution < 1.29 is 4.79 Å². The minimum absolute atomic E-state index is 0.117. The average Bonchev–Trinajstić information content (AvgIpc) is 2.98. The molecule has 3 rings (SSSR count). The largest absolute Gasteiger partial charge is 0.399 e. The summed E-state index contributed by atoms with van der Waals surface area (Å²) < 4.78 is 0. The van der Waals surface area contributed by atoms with E-state index in [1.54, 1.807) is 11.3 Å². The third-order valence-electron chi connectivity index (χ3n) is 4.84. The van der Waals surface area contributed by atoms with E-state index < -0.39 is 0 Å². The van der Waals surface area contributed by atoms with E-state index in [4.69, 9.17) is 12.2 Å². The van der Waals surface area contributed by atoms with Gasteiger partial charge in [-0.05, 0) is 55.0 Å². The number of benzene rings is 1. The number of terminal acetylenes is 1. The van der Waals surface area contributed by atoms with Gasteiger partial charge in [0, 0.05) is 21.5 Å². The quantitative estimate of drug-likeness (QED) is 0.658. The van der Waals surface area contributed by atoms with Crippen LogP contribution in [0, 0.1) is 19.3 Å². The molecule has 1 aromatic heterocycles. The van der Waals surface area contributed by atoms with Crippen LogP contribution in [0.1, 0.15) is 53.1 Å². The molecular formula is C21H24N2OS. The van der Waals surface area contributed by atoms with Gasteiger partial charge < -0.3 is 10.6 Å². The van der Waals surface area contributed by atoms with E-state index in [-0.39, 0.29) is 18.0 Å². The number of amides is 1. The summed E-state index contributed by atoms with van der Waals surface area (Å²) in [5, 5.41) is 0. The Bertz CT molecular complexity index is 800. The molecule has 2 N–H and O–H groups in total. The molecule has 0 bridgehead atoms. The number of fused-ring (bicyclic) bond motifs is 1. The highest BCUT2D eigenvalue weighted by molar-refractivity contribution is 7.12. The second-order valence-corrected chi connectivity index (χ2v) is 7.96. The fourth-order valence-electron chi connectivity index (χ4n) is 3.69. The fraction of sp³-hybridized carbons (Fsp3) is 0.381. The van der Waals surface area contributed by atoms with Crippen LogP contribution in [0.2, 0.25) is 0 Å². The van der Waals surface area contributed by atoms with Gasteiger partial charge in [-0.1, -0.05) is 31.9 Å². The normalized spacial score (nSPS) is 19.3. The molecular weight excluding hydrogens is 328 g/mol. The highest BCUT2D eigenvalue weighted by Crippen LogP contribution is 2.43. The van der Waals surface area contributed by atoms with E-state index in [9.17, 15) is 4.79 Å². The smallest absolute Gasteiger partial charge is 0.299 e. The van der Waals surface area contributed by atoms with Gasteiger partial charge in [0.25, 0.3) is 5.91 Å². The zero-order chi connectivity index (χ0) is 18.0. The maximum atomic E-state index is 12.7. The maximum Gasteiger partial charge on any atom is 0.299 e. The van der Waals surface area contributed by atoms with Crippen LogP contribution < -0.4 is 5.73 Å². The number of nitrogens with zero attached hydrogens (tertiary/aromatic N) is 1. The van der Waals surface area contributed by atoms with Crippen molar-refractivity contribution in [2.75, 3.05) is 5.73 Å². The molecule has 3 nitrogen and oxygen atoms in total. The lowest BCUT2D eigenvalue weighted by Crippen LogP contribution is -2.46. The predicted octanol–water partition coefficient (Wildman–Crippen LogP) is 4.30. The number of hydrogen-bond donors (Lipinski definition) is 1. The van der Waals surface area contributed by atoms with Crippen LogP contribution in [0.25, 0.3) is 0 Å². The number of aryl methyl sites for hydroxylation is 1. The summed E-state index contributed by atoms with van der Waals surface area (Å²) in [5.74, 6) is 2.13. The van der Waals surface area contributed by atoms with Gasteiger partial charge in [0.15, 0.2) is 0 Å². The Balaban J connectivity index is 2.12. The van der Waals surface area contributed by atoms with Crippen molar-refractivity contribution in [2.45, 2.75) is 51.6 Å². The minimum Gasteiger partial charge on any atom is -0.399 e. The molecule has 1 aliphatic heterocycles. The molecule has 4 heteroatoms.